The molecule has 0 aromatic carbocycles. The number of rotatable bonds is 2. The van der Waals surface area contributed by atoms with Crippen LogP contribution in [0, 0.1) is 5.41 Å². The number of ether oxygens (including phenoxy) is 2. The van der Waals surface area contributed by atoms with Gasteiger partial charge in [-0.2, -0.15) is 0 Å². The van der Waals surface area contributed by atoms with Gasteiger partial charge in [0.15, 0.2) is 0 Å². The zero-order chi connectivity index (χ0) is 10.3. The number of carbonyl (C=O) groups excluding carboxylic acids is 2. The van der Waals surface area contributed by atoms with E-state index in [-0.39, 0.29) is 6.61 Å². The monoisotopic (exact) mass is 187 g/mol. The van der Waals surface area contributed by atoms with Crippen LogP contribution in [0.25, 0.3) is 0 Å². The second-order valence-electron chi connectivity index (χ2n) is 1.76. The summed E-state index contributed by atoms with van der Waals surface area (Å²) in [7, 11) is 0. The number of nitrogens with one attached hydrogen (secondary N) is 2. The molecular formula is C6H9N3O4. The molecule has 0 unspecified atom stereocenters. The van der Waals surface area contributed by atoms with Gasteiger partial charge in [0.05, 0.1) is 0 Å². The summed E-state index contributed by atoms with van der Waals surface area (Å²) in [5.74, 6) is 0. The van der Waals surface area contributed by atoms with Crippen LogP contribution in [-0.4, -0.2) is 24.8 Å². The minimum Gasteiger partial charge on any atom is -0.445 e. The van der Waals surface area contributed by atoms with Gasteiger partial charge < -0.3 is 15.2 Å². The fourth-order valence-corrected chi connectivity index (χ4v) is 0.390. The molecule has 4 N–H and O–H groups in total. The minimum absolute atomic E-state index is 0.00428. The van der Waals surface area contributed by atoms with Crippen LogP contribution < -0.4 is 11.1 Å². The fraction of sp³-hybridized carbons (Fsp3) is 0.167. The first-order valence-corrected chi connectivity index (χ1v) is 3.16. The largest absolute Gasteiger partial charge is 0.445 e. The average molecular weight is 187 g/mol. The summed E-state index contributed by atoms with van der Waals surface area (Å²) in [5, 5.41) is 8.62. The lowest BCUT2D eigenvalue weighted by molar-refractivity contribution is 0.160. The van der Waals surface area contributed by atoms with E-state index >= 15 is 0 Å². The Morgan fingerprint density at radius 3 is 2.69 bits per heavy atom. The number of primary amides is 1. The number of amides is 2. The molecule has 0 heterocycles. The standard InChI is InChI=1S/C6H9N3O4/c1-2-3-12-6(11)9-4(7)13-5(8)10/h2H,1,3H2,(H2,8,10)(H2,7,9,11). The van der Waals surface area contributed by atoms with Crippen LogP contribution in [0.4, 0.5) is 9.59 Å². The van der Waals surface area contributed by atoms with E-state index < -0.39 is 18.2 Å². The maximum atomic E-state index is 10.6. The molecule has 0 aliphatic carbocycles. The number of nitrogens with two attached hydrogens (primary N) is 1. The molecule has 0 aromatic heterocycles. The summed E-state index contributed by atoms with van der Waals surface area (Å²) in [4.78, 5) is 20.7. The molecule has 2 amide bonds. The van der Waals surface area contributed by atoms with Crippen molar-refractivity contribution in [2.75, 3.05) is 6.61 Å². The summed E-state index contributed by atoms with van der Waals surface area (Å²) >= 11 is 0. The summed E-state index contributed by atoms with van der Waals surface area (Å²) < 4.78 is 8.39. The third-order valence-electron chi connectivity index (χ3n) is 0.751. The molecule has 0 spiro atoms. The van der Waals surface area contributed by atoms with E-state index in [0.29, 0.717) is 0 Å². The Balaban J connectivity index is 3.71. The van der Waals surface area contributed by atoms with Gasteiger partial charge in [0.1, 0.15) is 6.61 Å². The maximum absolute atomic E-state index is 10.6. The maximum Gasteiger partial charge on any atom is 0.415 e. The van der Waals surface area contributed by atoms with E-state index in [2.05, 4.69) is 21.8 Å². The van der Waals surface area contributed by atoms with Crippen molar-refractivity contribution in [2.45, 2.75) is 0 Å². The van der Waals surface area contributed by atoms with Crippen LogP contribution in [0.5, 0.6) is 0 Å². The Hall–Kier alpha value is -2.05. The number of hydrogen-bond acceptors (Lipinski definition) is 5. The zero-order valence-electron chi connectivity index (χ0n) is 6.70. The summed E-state index contributed by atoms with van der Waals surface area (Å²) in [6.45, 7) is 3.29. The Kier molecular flexibility index (Phi) is 4.70. The molecule has 7 heteroatoms. The van der Waals surface area contributed by atoms with Gasteiger partial charge in [-0.15, -0.1) is 0 Å². The van der Waals surface area contributed by atoms with Gasteiger partial charge in [0, 0.05) is 0 Å². The molecule has 0 saturated carbocycles. The van der Waals surface area contributed by atoms with Crippen molar-refractivity contribution >= 4 is 18.2 Å². The third kappa shape index (κ3) is 6.35. The highest BCUT2D eigenvalue weighted by Gasteiger charge is 2.07. The second kappa shape index (κ2) is 5.58. The van der Waals surface area contributed by atoms with Crippen molar-refractivity contribution < 1.29 is 19.1 Å². The van der Waals surface area contributed by atoms with Crippen LogP contribution in [0.15, 0.2) is 12.7 Å². The number of carbonyl (C=O) groups is 2. The predicted molar refractivity (Wildman–Crippen MR) is 43.1 cm³/mol. The van der Waals surface area contributed by atoms with Gasteiger partial charge in [-0.25, -0.2) is 14.9 Å². The molecule has 0 saturated heterocycles. The Bertz CT molecular complexity index is 238. The van der Waals surface area contributed by atoms with E-state index in [1.54, 1.807) is 5.32 Å². The van der Waals surface area contributed by atoms with Gasteiger partial charge in [0.2, 0.25) is 0 Å². The Labute approximate surface area is 74.0 Å². The molecule has 0 rings (SSSR count). The molecule has 0 atom stereocenters. The van der Waals surface area contributed by atoms with Crippen molar-refractivity contribution in [1.82, 2.24) is 5.32 Å². The first-order valence-electron chi connectivity index (χ1n) is 3.16. The highest BCUT2D eigenvalue weighted by Crippen LogP contribution is 1.80. The summed E-state index contributed by atoms with van der Waals surface area (Å²) in [6.07, 6.45) is -0.766. The van der Waals surface area contributed by atoms with Crippen molar-refractivity contribution in [1.29, 1.82) is 5.41 Å². The number of hydrogen-bond donors (Lipinski definition) is 3. The van der Waals surface area contributed by atoms with Crippen molar-refractivity contribution in [3.05, 3.63) is 12.7 Å². The van der Waals surface area contributed by atoms with Crippen LogP contribution in [-0.2, 0) is 9.47 Å². The average Bonchev–Trinajstić information content (AvgIpc) is 1.98. The highest BCUT2D eigenvalue weighted by molar-refractivity contribution is 5.93. The van der Waals surface area contributed by atoms with Crippen molar-refractivity contribution in [3.63, 3.8) is 0 Å². The second-order valence-corrected chi connectivity index (χ2v) is 1.76. The smallest absolute Gasteiger partial charge is 0.415 e. The van der Waals surface area contributed by atoms with Gasteiger partial charge in [-0.3, -0.25) is 5.41 Å². The molecule has 0 radical (unpaired) electrons. The molecule has 0 fully saturated rings. The van der Waals surface area contributed by atoms with Gasteiger partial charge in [-0.1, -0.05) is 12.7 Å². The third-order valence-corrected chi connectivity index (χ3v) is 0.751. The molecule has 13 heavy (non-hydrogen) atoms. The van der Waals surface area contributed by atoms with Gasteiger partial charge in [0.25, 0.3) is 0 Å². The van der Waals surface area contributed by atoms with Crippen LogP contribution in [0.1, 0.15) is 0 Å². The molecule has 72 valence electrons. The number of amidine groups is 1. The molecule has 0 aliphatic heterocycles. The molecular weight excluding hydrogens is 178 g/mol. The van der Waals surface area contributed by atoms with Gasteiger partial charge in [-0.05, 0) is 0 Å². The molecule has 0 bridgehead atoms. The van der Waals surface area contributed by atoms with E-state index in [1.165, 1.54) is 6.08 Å². The fourth-order valence-electron chi connectivity index (χ4n) is 0.390. The van der Waals surface area contributed by atoms with E-state index in [1.807, 2.05) is 0 Å². The van der Waals surface area contributed by atoms with Gasteiger partial charge >= 0.3 is 18.2 Å². The topological polar surface area (TPSA) is 114 Å². The lowest BCUT2D eigenvalue weighted by Gasteiger charge is -2.04. The highest BCUT2D eigenvalue weighted by atomic mass is 16.6. The SMILES string of the molecule is C=CCOC(=O)NC(=N)OC(N)=O. The normalized spacial score (nSPS) is 8.31. The van der Waals surface area contributed by atoms with Crippen LogP contribution >= 0.6 is 0 Å². The quantitative estimate of drug-likeness (QED) is 0.319. The Morgan fingerprint density at radius 1 is 1.62 bits per heavy atom. The minimum atomic E-state index is -1.19. The molecule has 0 aliphatic rings. The first kappa shape index (κ1) is 11.0. The predicted octanol–water partition coefficient (Wildman–Crippen LogP) is -0.0713. The van der Waals surface area contributed by atoms with E-state index in [9.17, 15) is 9.59 Å². The van der Waals surface area contributed by atoms with Crippen LogP contribution in [0.3, 0.4) is 0 Å². The van der Waals surface area contributed by atoms with Crippen LogP contribution in [0.2, 0.25) is 0 Å². The Morgan fingerprint density at radius 2 is 2.23 bits per heavy atom. The van der Waals surface area contributed by atoms with Crippen molar-refractivity contribution in [3.8, 4) is 0 Å². The molecule has 7 nitrogen and oxygen atoms in total. The van der Waals surface area contributed by atoms with E-state index in [0.717, 1.165) is 0 Å². The van der Waals surface area contributed by atoms with Crippen molar-refractivity contribution in [2.24, 2.45) is 5.73 Å². The zero-order valence-corrected chi connectivity index (χ0v) is 6.70. The lowest BCUT2D eigenvalue weighted by atomic mass is 10.7. The summed E-state index contributed by atoms with van der Waals surface area (Å²) in [5.41, 5.74) is 4.56. The summed E-state index contributed by atoms with van der Waals surface area (Å²) in [6, 6.07) is -0.790. The first-order chi connectivity index (χ1) is 6.06. The van der Waals surface area contributed by atoms with E-state index in [4.69, 9.17) is 5.41 Å². The number of alkyl carbamates (subject to hydrolysis) is 1. The molecule has 0 aromatic rings. The lowest BCUT2D eigenvalue weighted by Crippen LogP contribution is -2.35.